The monoisotopic (exact) mass is 485 g/mol. The molecule has 0 atom stereocenters. The van der Waals surface area contributed by atoms with Gasteiger partial charge in [-0.1, -0.05) is 12.1 Å². The molecular formula is C30H31NO5. The summed E-state index contributed by atoms with van der Waals surface area (Å²) in [5, 5.41) is 3.86. The zero-order valence-electron chi connectivity index (χ0n) is 21.5. The first-order valence-electron chi connectivity index (χ1n) is 11.8. The van der Waals surface area contributed by atoms with Crippen molar-refractivity contribution >= 4 is 28.1 Å². The topological polar surface area (TPSA) is 69.9 Å². The highest BCUT2D eigenvalue weighted by Crippen LogP contribution is 2.40. The first-order chi connectivity index (χ1) is 17.3. The number of ether oxygens (including phenoxy) is 3. The molecule has 36 heavy (non-hydrogen) atoms. The van der Waals surface area contributed by atoms with Gasteiger partial charge in [0.2, 0.25) is 5.91 Å². The highest BCUT2D eigenvalue weighted by atomic mass is 16.5. The van der Waals surface area contributed by atoms with E-state index in [-0.39, 0.29) is 5.91 Å². The average Bonchev–Trinajstić information content (AvgIpc) is 3.28. The van der Waals surface area contributed by atoms with Crippen LogP contribution in [0.5, 0.6) is 17.2 Å². The van der Waals surface area contributed by atoms with E-state index < -0.39 is 0 Å². The lowest BCUT2D eigenvalue weighted by atomic mass is 9.99. The van der Waals surface area contributed by atoms with Gasteiger partial charge in [-0.2, -0.15) is 0 Å². The predicted molar refractivity (Wildman–Crippen MR) is 144 cm³/mol. The van der Waals surface area contributed by atoms with E-state index in [1.165, 1.54) is 5.56 Å². The normalized spacial score (nSPS) is 11.4. The van der Waals surface area contributed by atoms with Gasteiger partial charge in [0.05, 0.1) is 27.1 Å². The van der Waals surface area contributed by atoms with E-state index >= 15 is 0 Å². The molecule has 0 aliphatic carbocycles. The summed E-state index contributed by atoms with van der Waals surface area (Å²) in [5.74, 6) is 1.74. The summed E-state index contributed by atoms with van der Waals surface area (Å²) in [6.07, 6.45) is 3.31. The molecule has 0 aliphatic rings. The van der Waals surface area contributed by atoms with E-state index in [9.17, 15) is 4.79 Å². The number of hydrogen-bond acceptors (Lipinski definition) is 5. The number of rotatable bonds is 8. The van der Waals surface area contributed by atoms with Crippen molar-refractivity contribution in [3.63, 3.8) is 0 Å². The van der Waals surface area contributed by atoms with Crippen LogP contribution in [0.2, 0.25) is 0 Å². The summed E-state index contributed by atoms with van der Waals surface area (Å²) in [4.78, 5) is 12.8. The molecule has 0 spiro atoms. The lowest BCUT2D eigenvalue weighted by molar-refractivity contribution is -0.111. The second-order valence-electron chi connectivity index (χ2n) is 8.61. The van der Waals surface area contributed by atoms with Crippen molar-refractivity contribution < 1.29 is 23.4 Å². The fourth-order valence-corrected chi connectivity index (χ4v) is 4.14. The van der Waals surface area contributed by atoms with Crippen LogP contribution in [0.1, 0.15) is 30.5 Å². The smallest absolute Gasteiger partial charge is 0.248 e. The van der Waals surface area contributed by atoms with Crippen LogP contribution in [0.15, 0.2) is 65.3 Å². The van der Waals surface area contributed by atoms with Gasteiger partial charge < -0.3 is 23.9 Å². The van der Waals surface area contributed by atoms with Gasteiger partial charge in [0.1, 0.15) is 11.3 Å². The number of methoxy groups -OCH3 is 2. The van der Waals surface area contributed by atoms with Crippen LogP contribution in [-0.4, -0.2) is 26.7 Å². The molecule has 4 rings (SSSR count). The number of fused-ring (bicyclic) bond motifs is 1. The Morgan fingerprint density at radius 1 is 0.944 bits per heavy atom. The molecule has 6 nitrogen and oxygen atoms in total. The van der Waals surface area contributed by atoms with E-state index in [1.54, 1.807) is 26.6 Å². The highest BCUT2D eigenvalue weighted by Gasteiger charge is 2.17. The summed E-state index contributed by atoms with van der Waals surface area (Å²) in [7, 11) is 3.22. The molecule has 1 aromatic heterocycles. The quantitative estimate of drug-likeness (QED) is 0.268. The minimum absolute atomic E-state index is 0.203. The van der Waals surface area contributed by atoms with Crippen molar-refractivity contribution in [2.75, 3.05) is 26.1 Å². The third-order valence-electron chi connectivity index (χ3n) is 6.22. The number of anilines is 1. The van der Waals surface area contributed by atoms with Crippen molar-refractivity contribution in [1.82, 2.24) is 0 Å². The molecule has 186 valence electrons. The number of allylic oxidation sites excluding steroid dienone is 1. The van der Waals surface area contributed by atoms with Crippen molar-refractivity contribution in [3.05, 3.63) is 77.6 Å². The number of benzene rings is 3. The van der Waals surface area contributed by atoms with Crippen LogP contribution >= 0.6 is 0 Å². The van der Waals surface area contributed by atoms with Crippen molar-refractivity contribution in [1.29, 1.82) is 0 Å². The predicted octanol–water partition coefficient (Wildman–Crippen LogP) is 7.17. The van der Waals surface area contributed by atoms with Crippen molar-refractivity contribution in [2.45, 2.75) is 27.7 Å². The fourth-order valence-electron chi connectivity index (χ4n) is 4.14. The molecule has 3 aromatic carbocycles. The second kappa shape index (κ2) is 10.6. The molecule has 0 aliphatic heterocycles. The molecule has 0 fully saturated rings. The molecule has 6 heteroatoms. The maximum absolute atomic E-state index is 12.8. The fraction of sp³-hybridized carbons (Fsp3) is 0.233. The molecule has 0 saturated carbocycles. The third kappa shape index (κ3) is 5.08. The Kier molecular flexibility index (Phi) is 7.34. The van der Waals surface area contributed by atoms with Gasteiger partial charge >= 0.3 is 0 Å². The Balaban J connectivity index is 1.73. The second-order valence-corrected chi connectivity index (χ2v) is 8.61. The summed E-state index contributed by atoms with van der Waals surface area (Å²) in [6, 6.07) is 15.5. The van der Waals surface area contributed by atoms with Crippen LogP contribution < -0.4 is 19.5 Å². The molecule has 1 N–H and O–H groups in total. The van der Waals surface area contributed by atoms with Crippen LogP contribution in [0.25, 0.3) is 27.7 Å². The number of carbonyl (C=O) groups excluding carboxylic acids is 1. The molecule has 1 heterocycles. The van der Waals surface area contributed by atoms with Crippen molar-refractivity contribution in [3.8, 4) is 28.4 Å². The Morgan fingerprint density at radius 2 is 1.72 bits per heavy atom. The number of furan rings is 1. The third-order valence-corrected chi connectivity index (χ3v) is 6.22. The van der Waals surface area contributed by atoms with E-state index in [4.69, 9.17) is 18.6 Å². The maximum atomic E-state index is 12.8. The van der Waals surface area contributed by atoms with E-state index in [0.29, 0.717) is 29.4 Å². The summed E-state index contributed by atoms with van der Waals surface area (Å²) in [6.45, 7) is 8.39. The van der Waals surface area contributed by atoms with Crippen LogP contribution in [0.3, 0.4) is 0 Å². The molecule has 1 amide bonds. The Labute approximate surface area is 211 Å². The largest absolute Gasteiger partial charge is 0.493 e. The summed E-state index contributed by atoms with van der Waals surface area (Å²) in [5.41, 5.74) is 7.19. The van der Waals surface area contributed by atoms with Crippen LogP contribution in [0.4, 0.5) is 5.69 Å². The number of hydrogen-bond donors (Lipinski definition) is 1. The summed E-state index contributed by atoms with van der Waals surface area (Å²) >= 11 is 0. The van der Waals surface area contributed by atoms with Gasteiger partial charge in [0.25, 0.3) is 0 Å². The minimum atomic E-state index is -0.203. The number of carbonyl (C=O) groups is 1. The van der Waals surface area contributed by atoms with Gasteiger partial charge in [-0.25, -0.2) is 0 Å². The van der Waals surface area contributed by atoms with E-state index in [2.05, 4.69) is 5.32 Å². The highest BCUT2D eigenvalue weighted by molar-refractivity contribution is 6.05. The van der Waals surface area contributed by atoms with E-state index in [1.807, 2.05) is 76.2 Å². The lowest BCUT2D eigenvalue weighted by Crippen LogP contribution is -2.09. The van der Waals surface area contributed by atoms with Gasteiger partial charge in [0.15, 0.2) is 11.5 Å². The van der Waals surface area contributed by atoms with Gasteiger partial charge in [0, 0.05) is 34.3 Å². The van der Waals surface area contributed by atoms with E-state index in [0.717, 1.165) is 38.9 Å². The summed E-state index contributed by atoms with van der Waals surface area (Å²) < 4.78 is 22.6. The minimum Gasteiger partial charge on any atom is -0.493 e. The Hall–Kier alpha value is -4.19. The molecule has 0 bridgehead atoms. The zero-order valence-corrected chi connectivity index (χ0v) is 21.5. The molecule has 0 radical (unpaired) electrons. The lowest BCUT2D eigenvalue weighted by Gasteiger charge is -2.12. The van der Waals surface area contributed by atoms with Crippen LogP contribution in [-0.2, 0) is 4.79 Å². The number of amides is 1. The van der Waals surface area contributed by atoms with Crippen molar-refractivity contribution in [2.24, 2.45) is 0 Å². The molecule has 0 unspecified atom stereocenters. The Bertz CT molecular complexity index is 1450. The van der Waals surface area contributed by atoms with Gasteiger partial charge in [-0.15, -0.1) is 0 Å². The molecule has 4 aromatic rings. The van der Waals surface area contributed by atoms with Crippen LogP contribution in [0, 0.1) is 13.8 Å². The average molecular weight is 486 g/mol. The van der Waals surface area contributed by atoms with Gasteiger partial charge in [-0.3, -0.25) is 4.79 Å². The van der Waals surface area contributed by atoms with Gasteiger partial charge in [-0.05, 0) is 80.3 Å². The standard InChI is InChI=1S/C30H31NO5/c1-7-35-27-16-28-24(25(17-36-28)21-9-11-26(33-5)29(14-21)34-6)15-23(27)20(4)13-30(32)31-22-10-8-18(2)19(3)12-22/h8-17H,7H2,1-6H3,(H,31,32)/b20-13+. The maximum Gasteiger partial charge on any atom is 0.248 e. The zero-order chi connectivity index (χ0) is 25.8. The molecule has 0 saturated heterocycles. The Morgan fingerprint density at radius 3 is 2.42 bits per heavy atom. The first kappa shape index (κ1) is 24.9. The SMILES string of the molecule is CCOc1cc2occ(-c3ccc(OC)c(OC)c3)c2cc1/C(C)=C/C(=O)Nc1ccc(C)c(C)c1. The molecular weight excluding hydrogens is 454 g/mol. The number of aryl methyl sites for hydroxylation is 2. The first-order valence-corrected chi connectivity index (χ1v) is 11.8. The number of nitrogens with one attached hydrogen (secondary N) is 1.